The third kappa shape index (κ3) is 67.3. The standard InChI is InChI=1S/C75H145NO5/c1-3-5-7-9-11-13-15-17-44-47-51-55-59-63-67-73(78)72(71-77)76-74(79)68-64-60-56-52-48-45-41-39-37-35-33-31-29-27-25-23-21-19-18-20-22-24-26-28-30-32-34-36-38-40-42-46-50-54-58-62-66-70-81-75(80)69-65-61-57-53-49-43-16-14-12-10-8-6-4-2/h18,20,63,67,72-73,77-78H,3-17,19,21-62,64-66,68-71H2,1-2H3,(H,76,79)/b20-18-,67-63+. The zero-order valence-corrected chi connectivity index (χ0v) is 55.0. The normalized spacial score (nSPS) is 12.6. The van der Waals surface area contributed by atoms with E-state index in [2.05, 4.69) is 31.3 Å². The lowest BCUT2D eigenvalue weighted by Gasteiger charge is -2.20. The third-order valence-corrected chi connectivity index (χ3v) is 17.5. The second kappa shape index (κ2) is 70.8. The van der Waals surface area contributed by atoms with Gasteiger partial charge in [0.2, 0.25) is 5.91 Å². The van der Waals surface area contributed by atoms with E-state index >= 15 is 0 Å². The summed E-state index contributed by atoms with van der Waals surface area (Å²) in [5.41, 5.74) is 0. The molecule has 0 aromatic heterocycles. The molecule has 3 N–H and O–H groups in total. The van der Waals surface area contributed by atoms with Gasteiger partial charge in [-0.05, 0) is 57.8 Å². The number of unbranched alkanes of at least 4 members (excludes halogenated alkanes) is 57. The Morgan fingerprint density at radius 3 is 0.877 bits per heavy atom. The lowest BCUT2D eigenvalue weighted by Crippen LogP contribution is -2.45. The first kappa shape index (κ1) is 79.3. The van der Waals surface area contributed by atoms with E-state index in [1.54, 1.807) is 6.08 Å². The number of aliphatic hydroxyl groups is 2. The molecule has 6 heteroatoms. The molecule has 2 unspecified atom stereocenters. The van der Waals surface area contributed by atoms with Crippen LogP contribution in [0.25, 0.3) is 0 Å². The van der Waals surface area contributed by atoms with Gasteiger partial charge in [-0.15, -0.1) is 0 Å². The van der Waals surface area contributed by atoms with Crippen molar-refractivity contribution in [1.29, 1.82) is 0 Å². The number of carbonyl (C=O) groups is 2. The molecule has 0 rings (SSSR count). The Labute approximate surface area is 507 Å². The van der Waals surface area contributed by atoms with Crippen molar-refractivity contribution in [3.63, 3.8) is 0 Å². The van der Waals surface area contributed by atoms with Gasteiger partial charge in [0, 0.05) is 12.8 Å². The molecule has 0 bridgehead atoms. The van der Waals surface area contributed by atoms with Crippen molar-refractivity contribution in [2.24, 2.45) is 0 Å². The topological polar surface area (TPSA) is 95.9 Å². The summed E-state index contributed by atoms with van der Waals surface area (Å²) in [5, 5.41) is 23.2. The van der Waals surface area contributed by atoms with Gasteiger partial charge in [0.1, 0.15) is 0 Å². The molecule has 0 heterocycles. The van der Waals surface area contributed by atoms with Crippen LogP contribution in [0.15, 0.2) is 24.3 Å². The lowest BCUT2D eigenvalue weighted by atomic mass is 10.0. The van der Waals surface area contributed by atoms with Crippen LogP contribution in [0.3, 0.4) is 0 Å². The molecule has 0 aromatic rings. The lowest BCUT2D eigenvalue weighted by molar-refractivity contribution is -0.143. The molecule has 0 spiro atoms. The number of allylic oxidation sites excluding steroid dienone is 3. The van der Waals surface area contributed by atoms with Crippen molar-refractivity contribution in [3.8, 4) is 0 Å². The number of carbonyl (C=O) groups excluding carboxylic acids is 2. The van der Waals surface area contributed by atoms with Crippen LogP contribution in [-0.2, 0) is 14.3 Å². The molecule has 0 aliphatic rings. The van der Waals surface area contributed by atoms with Gasteiger partial charge >= 0.3 is 5.97 Å². The molecule has 480 valence electrons. The fourth-order valence-electron chi connectivity index (χ4n) is 11.8. The van der Waals surface area contributed by atoms with Gasteiger partial charge < -0.3 is 20.3 Å². The number of aliphatic hydroxyl groups excluding tert-OH is 2. The maximum Gasteiger partial charge on any atom is 0.305 e. The Hall–Kier alpha value is -1.66. The van der Waals surface area contributed by atoms with Crippen LogP contribution < -0.4 is 5.32 Å². The molecular formula is C75H145NO5. The molecule has 0 aromatic carbocycles. The average Bonchev–Trinajstić information content (AvgIpc) is 3.47. The Kier molecular flexibility index (Phi) is 69.4. The Morgan fingerprint density at radius 2 is 0.580 bits per heavy atom. The van der Waals surface area contributed by atoms with Crippen molar-refractivity contribution in [2.75, 3.05) is 13.2 Å². The van der Waals surface area contributed by atoms with E-state index in [9.17, 15) is 19.8 Å². The van der Waals surface area contributed by atoms with Crippen LogP contribution in [0, 0.1) is 0 Å². The van der Waals surface area contributed by atoms with E-state index in [0.717, 1.165) is 38.5 Å². The van der Waals surface area contributed by atoms with Crippen molar-refractivity contribution < 1.29 is 24.5 Å². The quantitative estimate of drug-likeness (QED) is 0.0320. The van der Waals surface area contributed by atoms with Crippen molar-refractivity contribution >= 4 is 11.9 Å². The maximum absolute atomic E-state index is 12.5. The molecule has 6 nitrogen and oxygen atoms in total. The fourth-order valence-corrected chi connectivity index (χ4v) is 11.8. The summed E-state index contributed by atoms with van der Waals surface area (Å²) in [5.74, 6) is -0.0382. The van der Waals surface area contributed by atoms with E-state index in [-0.39, 0.29) is 18.5 Å². The largest absolute Gasteiger partial charge is 0.466 e. The molecule has 0 saturated heterocycles. The first-order chi connectivity index (χ1) is 40.0. The summed E-state index contributed by atoms with van der Waals surface area (Å²) in [6, 6.07) is -0.624. The first-order valence-electron chi connectivity index (χ1n) is 37.1. The predicted octanol–water partition coefficient (Wildman–Crippen LogP) is 24.1. The highest BCUT2D eigenvalue weighted by Crippen LogP contribution is 2.19. The van der Waals surface area contributed by atoms with Crippen molar-refractivity contribution in [1.82, 2.24) is 5.32 Å². The van der Waals surface area contributed by atoms with E-state index in [1.165, 1.54) is 353 Å². The van der Waals surface area contributed by atoms with Crippen LogP contribution in [0.5, 0.6) is 0 Å². The third-order valence-electron chi connectivity index (χ3n) is 17.5. The Balaban J connectivity index is 3.33. The molecule has 81 heavy (non-hydrogen) atoms. The van der Waals surface area contributed by atoms with Gasteiger partial charge in [-0.1, -0.05) is 372 Å². The van der Waals surface area contributed by atoms with Crippen LogP contribution in [0.4, 0.5) is 0 Å². The number of hydrogen-bond donors (Lipinski definition) is 3. The summed E-state index contributed by atoms with van der Waals surface area (Å²) < 4.78 is 5.49. The highest BCUT2D eigenvalue weighted by Gasteiger charge is 2.18. The van der Waals surface area contributed by atoms with Gasteiger partial charge in [0.15, 0.2) is 0 Å². The highest BCUT2D eigenvalue weighted by molar-refractivity contribution is 5.76. The van der Waals surface area contributed by atoms with E-state index in [4.69, 9.17) is 4.74 Å². The minimum atomic E-state index is -0.841. The van der Waals surface area contributed by atoms with Gasteiger partial charge in [0.25, 0.3) is 0 Å². The smallest absolute Gasteiger partial charge is 0.305 e. The predicted molar refractivity (Wildman–Crippen MR) is 356 cm³/mol. The number of hydrogen-bond acceptors (Lipinski definition) is 5. The summed E-state index contributed by atoms with van der Waals surface area (Å²) in [7, 11) is 0. The molecule has 1 amide bonds. The first-order valence-corrected chi connectivity index (χ1v) is 37.1. The van der Waals surface area contributed by atoms with E-state index < -0.39 is 12.1 Å². The molecular weight excluding hydrogens is 995 g/mol. The number of ether oxygens (including phenoxy) is 1. The summed E-state index contributed by atoms with van der Waals surface area (Å²) in [6.07, 6.45) is 90.0. The minimum absolute atomic E-state index is 0.0234. The monoisotopic (exact) mass is 1140 g/mol. The van der Waals surface area contributed by atoms with E-state index in [0.29, 0.717) is 19.4 Å². The molecule has 0 fully saturated rings. The highest BCUT2D eigenvalue weighted by atomic mass is 16.5. The molecule has 0 saturated carbocycles. The number of rotatable bonds is 70. The van der Waals surface area contributed by atoms with Gasteiger partial charge in [-0.25, -0.2) is 0 Å². The number of nitrogens with one attached hydrogen (secondary N) is 1. The zero-order chi connectivity index (χ0) is 58.5. The van der Waals surface area contributed by atoms with Gasteiger partial charge in [-0.3, -0.25) is 9.59 Å². The van der Waals surface area contributed by atoms with Crippen LogP contribution in [0.2, 0.25) is 0 Å². The number of esters is 1. The molecule has 0 aliphatic carbocycles. The summed E-state index contributed by atoms with van der Waals surface area (Å²) in [6.45, 7) is 4.94. The SMILES string of the molecule is CCCCCCCCCCCCCC/C=C/C(O)C(CO)NC(=O)CCCCCCCCCCCCCCCCCCC/C=C\CCCCCCCCCCCCCCCCCCOC(=O)CCCCCCCCCCCCCCC. The fraction of sp³-hybridized carbons (Fsp3) is 0.920. The number of amides is 1. The second-order valence-corrected chi connectivity index (χ2v) is 25.6. The zero-order valence-electron chi connectivity index (χ0n) is 55.0. The Morgan fingerprint density at radius 1 is 0.333 bits per heavy atom. The maximum atomic E-state index is 12.5. The van der Waals surface area contributed by atoms with Crippen molar-refractivity contribution in [3.05, 3.63) is 24.3 Å². The summed E-state index contributed by atoms with van der Waals surface area (Å²) in [4.78, 5) is 24.5. The molecule has 2 atom stereocenters. The van der Waals surface area contributed by atoms with Crippen molar-refractivity contribution in [2.45, 2.75) is 431 Å². The summed E-state index contributed by atoms with van der Waals surface area (Å²) >= 11 is 0. The van der Waals surface area contributed by atoms with Crippen LogP contribution in [-0.4, -0.2) is 47.4 Å². The Bertz CT molecular complexity index is 1270. The van der Waals surface area contributed by atoms with Crippen LogP contribution >= 0.6 is 0 Å². The molecule has 0 radical (unpaired) electrons. The van der Waals surface area contributed by atoms with Crippen LogP contribution in [0.1, 0.15) is 418 Å². The van der Waals surface area contributed by atoms with E-state index in [1.807, 2.05) is 6.08 Å². The minimum Gasteiger partial charge on any atom is -0.466 e. The second-order valence-electron chi connectivity index (χ2n) is 25.6. The average molecular weight is 1140 g/mol. The molecule has 0 aliphatic heterocycles. The van der Waals surface area contributed by atoms with Gasteiger partial charge in [0.05, 0.1) is 25.4 Å². The van der Waals surface area contributed by atoms with Gasteiger partial charge in [-0.2, -0.15) is 0 Å².